The Kier molecular flexibility index (Phi) is 6.52. The van der Waals surface area contributed by atoms with Gasteiger partial charge >= 0.3 is 17.8 Å². The zero-order chi connectivity index (χ0) is 21.9. The molecule has 0 unspecified atom stereocenters. The Labute approximate surface area is 174 Å². The fraction of sp³-hybridized carbons (Fsp3) is 0.474. The number of urea groups is 1. The van der Waals surface area contributed by atoms with Crippen LogP contribution in [0.3, 0.4) is 0 Å². The van der Waals surface area contributed by atoms with Crippen LogP contribution in [0.1, 0.15) is 32.6 Å². The summed E-state index contributed by atoms with van der Waals surface area (Å²) >= 11 is 0. The van der Waals surface area contributed by atoms with Gasteiger partial charge in [0.15, 0.2) is 0 Å². The molecule has 2 aliphatic rings. The summed E-state index contributed by atoms with van der Waals surface area (Å²) in [5.74, 6) is -2.63. The fourth-order valence-corrected chi connectivity index (χ4v) is 4.85. The molecule has 3 rings (SSSR count). The zero-order valence-corrected chi connectivity index (χ0v) is 17.5. The van der Waals surface area contributed by atoms with Crippen molar-refractivity contribution in [2.45, 2.75) is 37.5 Å². The quantitative estimate of drug-likeness (QED) is 0.479. The van der Waals surface area contributed by atoms with E-state index in [1.807, 2.05) is 6.92 Å². The van der Waals surface area contributed by atoms with Gasteiger partial charge in [0.05, 0.1) is 4.90 Å². The van der Waals surface area contributed by atoms with Gasteiger partial charge in [-0.2, -0.15) is 4.31 Å². The smallest absolute Gasteiger partial charge is 0.325 e. The third-order valence-electron chi connectivity index (χ3n) is 5.01. The Morgan fingerprint density at radius 3 is 2.20 bits per heavy atom. The Hall–Kier alpha value is -2.79. The molecule has 11 heteroatoms. The van der Waals surface area contributed by atoms with E-state index < -0.39 is 40.3 Å². The number of unbranched alkanes of at least 4 members (excludes halogenated alkanes) is 1. The number of amides is 5. The van der Waals surface area contributed by atoms with Crippen LogP contribution in [-0.4, -0.2) is 72.5 Å². The van der Waals surface area contributed by atoms with Gasteiger partial charge in [0, 0.05) is 25.3 Å². The lowest BCUT2D eigenvalue weighted by atomic mass is 10.3. The molecule has 0 atom stereocenters. The van der Waals surface area contributed by atoms with Crippen LogP contribution in [0.2, 0.25) is 0 Å². The van der Waals surface area contributed by atoms with Crippen LogP contribution in [0.25, 0.3) is 0 Å². The van der Waals surface area contributed by atoms with Crippen molar-refractivity contribution in [3.05, 3.63) is 24.3 Å². The van der Waals surface area contributed by atoms with Crippen molar-refractivity contribution in [1.29, 1.82) is 0 Å². The van der Waals surface area contributed by atoms with Gasteiger partial charge in [-0.15, -0.1) is 0 Å². The lowest BCUT2D eigenvalue weighted by Gasteiger charge is -2.16. The summed E-state index contributed by atoms with van der Waals surface area (Å²) in [6.07, 6.45) is 2.98. The molecule has 10 nitrogen and oxygen atoms in total. The number of rotatable bonds is 8. The van der Waals surface area contributed by atoms with Crippen LogP contribution in [0.4, 0.5) is 10.5 Å². The molecule has 5 amide bonds. The molecule has 0 aromatic heterocycles. The van der Waals surface area contributed by atoms with Crippen LogP contribution in [0.15, 0.2) is 29.2 Å². The van der Waals surface area contributed by atoms with Crippen molar-refractivity contribution in [1.82, 2.24) is 14.1 Å². The highest BCUT2D eigenvalue weighted by atomic mass is 32.2. The van der Waals surface area contributed by atoms with Crippen LogP contribution in [0, 0.1) is 0 Å². The number of carbonyl (C=O) groups is 4. The van der Waals surface area contributed by atoms with Crippen molar-refractivity contribution < 1.29 is 27.6 Å². The minimum atomic E-state index is -3.56. The molecule has 2 saturated heterocycles. The highest BCUT2D eigenvalue weighted by molar-refractivity contribution is 7.89. The Morgan fingerprint density at radius 2 is 1.60 bits per heavy atom. The van der Waals surface area contributed by atoms with E-state index in [9.17, 15) is 27.6 Å². The maximum Gasteiger partial charge on any atom is 0.334 e. The summed E-state index contributed by atoms with van der Waals surface area (Å²) in [7, 11) is -3.56. The lowest BCUT2D eigenvalue weighted by molar-refractivity contribution is -0.143. The van der Waals surface area contributed by atoms with Gasteiger partial charge in [-0.25, -0.2) is 18.1 Å². The molecular weight excluding hydrogens is 412 g/mol. The normalized spacial score (nSPS) is 17.8. The van der Waals surface area contributed by atoms with Gasteiger partial charge in [-0.05, 0) is 43.5 Å². The Morgan fingerprint density at radius 1 is 1.00 bits per heavy atom. The maximum absolute atomic E-state index is 12.5. The van der Waals surface area contributed by atoms with Crippen LogP contribution in [0.5, 0.6) is 0 Å². The number of nitrogens with zero attached hydrogens (tertiary/aromatic N) is 3. The van der Waals surface area contributed by atoms with Crippen LogP contribution < -0.4 is 5.32 Å². The molecule has 0 bridgehead atoms. The summed E-state index contributed by atoms with van der Waals surface area (Å²) in [4.78, 5) is 50.1. The van der Waals surface area contributed by atoms with Crippen molar-refractivity contribution in [2.24, 2.45) is 0 Å². The molecule has 0 radical (unpaired) electrons. The number of sulfonamides is 1. The number of hydrogen-bond donors (Lipinski definition) is 1. The average molecular weight is 436 g/mol. The molecule has 0 aliphatic carbocycles. The number of benzene rings is 1. The maximum atomic E-state index is 12.5. The topological polar surface area (TPSA) is 124 Å². The molecule has 162 valence electrons. The first-order valence-corrected chi connectivity index (χ1v) is 11.3. The summed E-state index contributed by atoms with van der Waals surface area (Å²) in [6.45, 7) is 2.41. The van der Waals surface area contributed by atoms with Gasteiger partial charge in [0.25, 0.3) is 0 Å². The lowest BCUT2D eigenvalue weighted by Crippen LogP contribution is -2.39. The molecule has 1 N–H and O–H groups in total. The third kappa shape index (κ3) is 4.36. The molecule has 1 aromatic carbocycles. The number of hydrogen-bond acceptors (Lipinski definition) is 6. The second-order valence-electron chi connectivity index (χ2n) is 7.17. The summed E-state index contributed by atoms with van der Waals surface area (Å²) in [6, 6.07) is 4.86. The molecule has 0 saturated carbocycles. The first kappa shape index (κ1) is 21.9. The number of imide groups is 2. The molecular formula is C19H24N4O6S. The number of anilines is 1. The molecule has 1 aromatic rings. The molecule has 2 aliphatic heterocycles. The van der Waals surface area contributed by atoms with E-state index in [2.05, 4.69) is 5.32 Å². The van der Waals surface area contributed by atoms with E-state index in [1.165, 1.54) is 28.6 Å². The van der Waals surface area contributed by atoms with Gasteiger partial charge in [0.2, 0.25) is 15.9 Å². The summed E-state index contributed by atoms with van der Waals surface area (Å²) < 4.78 is 26.5. The fourth-order valence-electron chi connectivity index (χ4n) is 3.34. The standard InChI is InChI=1S/C19H24N4O6S/c1-2-3-12-22-17(25)18(26)23(19(22)27)13-16(24)20-14-6-8-15(9-7-14)30(28,29)21-10-4-5-11-21/h6-9H,2-5,10-13H2,1H3,(H,20,24). The van der Waals surface area contributed by atoms with E-state index in [-0.39, 0.29) is 11.4 Å². The van der Waals surface area contributed by atoms with Crippen molar-refractivity contribution >= 4 is 39.5 Å². The summed E-state index contributed by atoms with van der Waals surface area (Å²) in [5.41, 5.74) is 0.314. The van der Waals surface area contributed by atoms with Gasteiger partial charge in [-0.3, -0.25) is 19.3 Å². The highest BCUT2D eigenvalue weighted by Gasteiger charge is 2.44. The van der Waals surface area contributed by atoms with E-state index in [4.69, 9.17) is 0 Å². The second kappa shape index (κ2) is 8.92. The van der Waals surface area contributed by atoms with Crippen molar-refractivity contribution in [2.75, 3.05) is 31.5 Å². The monoisotopic (exact) mass is 436 g/mol. The second-order valence-corrected chi connectivity index (χ2v) is 9.11. The minimum Gasteiger partial charge on any atom is -0.325 e. The molecule has 2 fully saturated rings. The van der Waals surface area contributed by atoms with E-state index in [0.717, 1.165) is 24.2 Å². The first-order chi connectivity index (χ1) is 14.3. The van der Waals surface area contributed by atoms with Crippen molar-refractivity contribution in [3.8, 4) is 0 Å². The Bertz CT molecular complexity index is 954. The van der Waals surface area contributed by atoms with Crippen LogP contribution >= 0.6 is 0 Å². The van der Waals surface area contributed by atoms with E-state index in [1.54, 1.807) is 0 Å². The highest BCUT2D eigenvalue weighted by Crippen LogP contribution is 2.22. The average Bonchev–Trinajstić information content (AvgIpc) is 3.33. The van der Waals surface area contributed by atoms with E-state index >= 15 is 0 Å². The SMILES string of the molecule is CCCCN1C(=O)C(=O)N(CC(=O)Nc2ccc(S(=O)(=O)N3CCCC3)cc2)C1=O. The largest absolute Gasteiger partial charge is 0.334 e. The molecule has 0 spiro atoms. The van der Waals surface area contributed by atoms with Crippen LogP contribution in [-0.2, 0) is 24.4 Å². The molecule has 2 heterocycles. The minimum absolute atomic E-state index is 0.129. The van der Waals surface area contributed by atoms with Gasteiger partial charge < -0.3 is 5.32 Å². The zero-order valence-electron chi connectivity index (χ0n) is 16.7. The first-order valence-electron chi connectivity index (χ1n) is 9.83. The predicted molar refractivity (Wildman–Crippen MR) is 107 cm³/mol. The number of carbonyl (C=O) groups excluding carboxylic acids is 4. The predicted octanol–water partition coefficient (Wildman–Crippen LogP) is 1.00. The van der Waals surface area contributed by atoms with Gasteiger partial charge in [0.1, 0.15) is 6.54 Å². The third-order valence-corrected chi connectivity index (χ3v) is 6.93. The summed E-state index contributed by atoms with van der Waals surface area (Å²) in [5, 5.41) is 2.51. The van der Waals surface area contributed by atoms with Crippen molar-refractivity contribution in [3.63, 3.8) is 0 Å². The Balaban J connectivity index is 1.62. The van der Waals surface area contributed by atoms with E-state index in [0.29, 0.717) is 30.1 Å². The van der Waals surface area contributed by atoms with Gasteiger partial charge in [-0.1, -0.05) is 13.3 Å². The molecule has 30 heavy (non-hydrogen) atoms. The number of nitrogens with one attached hydrogen (secondary N) is 1.